The van der Waals surface area contributed by atoms with Crippen LogP contribution in [0.25, 0.3) is 0 Å². The average Bonchev–Trinajstić information content (AvgIpc) is 2.27. The van der Waals surface area contributed by atoms with E-state index in [-0.39, 0.29) is 0 Å². The lowest BCUT2D eigenvalue weighted by molar-refractivity contribution is -0.112. The molecule has 0 radical (unpaired) electrons. The molecule has 1 heteroatoms. The van der Waals surface area contributed by atoms with Crippen LogP contribution in [-0.4, -0.2) is 6.29 Å². The van der Waals surface area contributed by atoms with E-state index in [0.29, 0.717) is 0 Å². The van der Waals surface area contributed by atoms with Crippen LogP contribution < -0.4 is 0 Å². The molecule has 0 saturated heterocycles. The van der Waals surface area contributed by atoms with Gasteiger partial charge < -0.3 is 4.79 Å². The molecule has 0 N–H and O–H groups in total. The van der Waals surface area contributed by atoms with Gasteiger partial charge in [0.1, 0.15) is 6.29 Å². The maximum absolute atomic E-state index is 11.3. The van der Waals surface area contributed by atoms with Crippen molar-refractivity contribution in [2.24, 2.45) is 0 Å². The van der Waals surface area contributed by atoms with E-state index >= 15 is 0 Å². The minimum Gasteiger partial charge on any atom is -0.302 e. The smallest absolute Gasteiger partial charge is 0.130 e. The Morgan fingerprint density at radius 1 is 1.25 bits per heavy atom. The van der Waals surface area contributed by atoms with E-state index in [2.05, 4.69) is 39.0 Å². The Morgan fingerprint density at radius 2 is 1.81 bits per heavy atom. The number of carbonyl (C=O) groups excluding carboxylic acids is 1. The summed E-state index contributed by atoms with van der Waals surface area (Å²) in [4.78, 5) is 11.3. The lowest BCUT2D eigenvalue weighted by Gasteiger charge is -2.22. The summed E-state index contributed by atoms with van der Waals surface area (Å²) in [6.45, 7) is 8.16. The van der Waals surface area contributed by atoms with E-state index in [1.165, 1.54) is 11.1 Å². The van der Waals surface area contributed by atoms with E-state index in [1.807, 2.05) is 19.1 Å². The molecule has 0 amide bonds. The minimum absolute atomic E-state index is 0.398. The Bertz CT molecular complexity index is 382. The first-order valence-corrected chi connectivity index (χ1v) is 5.65. The first-order valence-electron chi connectivity index (χ1n) is 5.65. The van der Waals surface area contributed by atoms with Crippen molar-refractivity contribution in [1.29, 1.82) is 0 Å². The highest BCUT2D eigenvalue weighted by molar-refractivity contribution is 5.68. The Morgan fingerprint density at radius 3 is 2.25 bits per heavy atom. The molecule has 0 spiro atoms. The normalized spacial score (nSPS) is 14.0. The standard InChI is InChI=1S/C15H20O/c1-12(2)9-10-15(4,11-16)14-7-5-13(3)6-8-14/h5-9,11H,10H2,1-4H3. The molecule has 0 aliphatic heterocycles. The van der Waals surface area contributed by atoms with Crippen LogP contribution in [0.3, 0.4) is 0 Å². The zero-order valence-corrected chi connectivity index (χ0v) is 10.6. The van der Waals surface area contributed by atoms with E-state index in [0.717, 1.165) is 18.3 Å². The number of carbonyl (C=O) groups is 1. The molecule has 0 heterocycles. The van der Waals surface area contributed by atoms with Gasteiger partial charge in [0.15, 0.2) is 0 Å². The van der Waals surface area contributed by atoms with Gasteiger partial charge in [-0.2, -0.15) is 0 Å². The van der Waals surface area contributed by atoms with Crippen LogP contribution in [0, 0.1) is 6.92 Å². The fourth-order valence-corrected chi connectivity index (χ4v) is 1.58. The van der Waals surface area contributed by atoms with Crippen LogP contribution in [0.1, 0.15) is 38.3 Å². The van der Waals surface area contributed by atoms with Gasteiger partial charge >= 0.3 is 0 Å². The fraction of sp³-hybridized carbons (Fsp3) is 0.400. The molecule has 1 aromatic carbocycles. The van der Waals surface area contributed by atoms with Crippen molar-refractivity contribution >= 4 is 6.29 Å². The van der Waals surface area contributed by atoms with Crippen LogP contribution in [0.4, 0.5) is 0 Å². The molecule has 86 valence electrons. The summed E-state index contributed by atoms with van der Waals surface area (Å²) in [7, 11) is 0. The summed E-state index contributed by atoms with van der Waals surface area (Å²) in [5, 5.41) is 0. The van der Waals surface area contributed by atoms with E-state index in [9.17, 15) is 4.79 Å². The SMILES string of the molecule is CC(C)=CCC(C)(C=O)c1ccc(C)cc1. The largest absolute Gasteiger partial charge is 0.302 e. The molecule has 1 unspecified atom stereocenters. The van der Waals surface area contributed by atoms with Crippen molar-refractivity contribution in [1.82, 2.24) is 0 Å². The zero-order chi connectivity index (χ0) is 12.2. The molecular weight excluding hydrogens is 196 g/mol. The molecule has 1 nitrogen and oxygen atoms in total. The summed E-state index contributed by atoms with van der Waals surface area (Å²) in [6, 6.07) is 8.20. The summed E-state index contributed by atoms with van der Waals surface area (Å²) in [5.41, 5.74) is 3.16. The van der Waals surface area contributed by atoms with Gasteiger partial charge in [-0.15, -0.1) is 0 Å². The third-order valence-corrected chi connectivity index (χ3v) is 2.91. The molecule has 0 fully saturated rings. The third kappa shape index (κ3) is 3.06. The Kier molecular flexibility index (Phi) is 4.05. The molecule has 1 atom stereocenters. The van der Waals surface area contributed by atoms with Crippen LogP contribution in [0.5, 0.6) is 0 Å². The molecule has 0 bridgehead atoms. The summed E-state index contributed by atoms with van der Waals surface area (Å²) < 4.78 is 0. The second-order valence-electron chi connectivity index (χ2n) is 4.89. The topological polar surface area (TPSA) is 17.1 Å². The molecule has 0 aliphatic rings. The van der Waals surface area contributed by atoms with Crippen LogP contribution in [-0.2, 0) is 10.2 Å². The maximum atomic E-state index is 11.3. The number of benzene rings is 1. The lowest BCUT2D eigenvalue weighted by atomic mass is 9.80. The number of aldehydes is 1. The van der Waals surface area contributed by atoms with Gasteiger partial charge in [0.2, 0.25) is 0 Å². The number of hydrogen-bond donors (Lipinski definition) is 0. The summed E-state index contributed by atoms with van der Waals surface area (Å²) in [5.74, 6) is 0. The Balaban J connectivity index is 3.00. The van der Waals surface area contributed by atoms with Crippen LogP contribution >= 0.6 is 0 Å². The summed E-state index contributed by atoms with van der Waals surface area (Å²) >= 11 is 0. The minimum atomic E-state index is -0.398. The Hall–Kier alpha value is -1.37. The predicted octanol–water partition coefficient (Wildman–Crippen LogP) is 3.81. The zero-order valence-electron chi connectivity index (χ0n) is 10.6. The molecule has 1 aromatic rings. The maximum Gasteiger partial charge on any atom is 0.130 e. The van der Waals surface area contributed by atoms with Gasteiger partial charge in [0, 0.05) is 0 Å². The van der Waals surface area contributed by atoms with E-state index in [1.54, 1.807) is 0 Å². The van der Waals surface area contributed by atoms with Gasteiger partial charge in [0.05, 0.1) is 5.41 Å². The van der Waals surface area contributed by atoms with E-state index in [4.69, 9.17) is 0 Å². The third-order valence-electron chi connectivity index (χ3n) is 2.91. The second kappa shape index (κ2) is 5.11. The van der Waals surface area contributed by atoms with Crippen molar-refractivity contribution in [3.8, 4) is 0 Å². The Labute approximate surface area is 98.2 Å². The predicted molar refractivity (Wildman–Crippen MR) is 68.6 cm³/mol. The van der Waals surface area contributed by atoms with Crippen LogP contribution in [0.15, 0.2) is 35.9 Å². The van der Waals surface area contributed by atoms with Crippen molar-refractivity contribution in [3.05, 3.63) is 47.0 Å². The average molecular weight is 216 g/mol. The molecule has 0 saturated carbocycles. The monoisotopic (exact) mass is 216 g/mol. The molecule has 1 rings (SSSR count). The van der Waals surface area contributed by atoms with Crippen molar-refractivity contribution in [2.75, 3.05) is 0 Å². The summed E-state index contributed by atoms with van der Waals surface area (Å²) in [6.07, 6.45) is 3.94. The quantitative estimate of drug-likeness (QED) is 0.552. The number of rotatable bonds is 4. The number of hydrogen-bond acceptors (Lipinski definition) is 1. The highest BCUT2D eigenvalue weighted by atomic mass is 16.1. The van der Waals surface area contributed by atoms with Gasteiger partial charge in [0.25, 0.3) is 0 Å². The first kappa shape index (κ1) is 12.7. The fourth-order valence-electron chi connectivity index (χ4n) is 1.58. The van der Waals surface area contributed by atoms with E-state index < -0.39 is 5.41 Å². The first-order chi connectivity index (χ1) is 7.48. The number of aryl methyl sites for hydroxylation is 1. The lowest BCUT2D eigenvalue weighted by Crippen LogP contribution is -2.22. The van der Waals surface area contributed by atoms with Gasteiger partial charge in [-0.1, -0.05) is 41.5 Å². The molecular formula is C15H20O. The molecule has 0 aliphatic carbocycles. The van der Waals surface area contributed by atoms with Crippen LogP contribution in [0.2, 0.25) is 0 Å². The van der Waals surface area contributed by atoms with Crippen molar-refractivity contribution < 1.29 is 4.79 Å². The van der Waals surface area contributed by atoms with Crippen molar-refractivity contribution in [3.63, 3.8) is 0 Å². The highest BCUT2D eigenvalue weighted by Gasteiger charge is 2.24. The van der Waals surface area contributed by atoms with Gasteiger partial charge in [-0.05, 0) is 39.7 Å². The van der Waals surface area contributed by atoms with Gasteiger partial charge in [-0.25, -0.2) is 0 Å². The van der Waals surface area contributed by atoms with Crippen molar-refractivity contribution in [2.45, 2.75) is 39.5 Å². The molecule has 0 aromatic heterocycles. The number of allylic oxidation sites excluding steroid dienone is 2. The molecule has 16 heavy (non-hydrogen) atoms. The second-order valence-corrected chi connectivity index (χ2v) is 4.89. The van der Waals surface area contributed by atoms with Gasteiger partial charge in [-0.3, -0.25) is 0 Å². The highest BCUT2D eigenvalue weighted by Crippen LogP contribution is 2.26.